The number of nitrogens with zero attached hydrogens (tertiary/aromatic N) is 1. The molecule has 3 aromatic rings. The number of imide groups is 1. The van der Waals surface area contributed by atoms with Gasteiger partial charge >= 0.3 is 0 Å². The summed E-state index contributed by atoms with van der Waals surface area (Å²) < 4.78 is 7.83. The molecular weight excluding hydrogens is 714 g/mol. The quantitative estimate of drug-likeness (QED) is 0.208. The summed E-state index contributed by atoms with van der Waals surface area (Å²) in [6.45, 7) is 5.94. The molecule has 0 radical (unpaired) electrons. The average molecular weight is 738 g/mol. The minimum atomic E-state index is -0.475. The monoisotopic (exact) mass is 738 g/mol. The molecule has 0 saturated carbocycles. The summed E-state index contributed by atoms with van der Waals surface area (Å²) in [6.07, 6.45) is 1.68. The van der Waals surface area contributed by atoms with Crippen LogP contribution in [0.4, 0.5) is 10.5 Å². The molecule has 0 aromatic heterocycles. The van der Waals surface area contributed by atoms with Gasteiger partial charge in [-0.3, -0.25) is 19.3 Å². The molecule has 0 bridgehead atoms. The van der Waals surface area contributed by atoms with Gasteiger partial charge in [-0.25, -0.2) is 0 Å². The molecule has 1 N–H and O–H groups in total. The van der Waals surface area contributed by atoms with Crippen LogP contribution in [0.5, 0.6) is 5.75 Å². The van der Waals surface area contributed by atoms with Crippen molar-refractivity contribution < 1.29 is 19.1 Å². The molecule has 0 spiro atoms. The smallest absolute Gasteiger partial charge is 0.294 e. The van der Waals surface area contributed by atoms with Gasteiger partial charge in [0, 0.05) is 5.69 Å². The molecule has 0 atom stereocenters. The fraction of sp³-hybridized carbons (Fsp3) is 0.179. The lowest BCUT2D eigenvalue weighted by Gasteiger charge is -2.16. The van der Waals surface area contributed by atoms with E-state index in [1.165, 1.54) is 0 Å². The molecule has 3 aromatic carbocycles. The maximum atomic E-state index is 13.0. The zero-order valence-electron chi connectivity index (χ0n) is 20.4. The van der Waals surface area contributed by atoms with E-state index in [4.69, 9.17) is 4.74 Å². The Balaban J connectivity index is 1.45. The van der Waals surface area contributed by atoms with E-state index in [-0.39, 0.29) is 11.4 Å². The summed E-state index contributed by atoms with van der Waals surface area (Å²) >= 11 is 5.25. The van der Waals surface area contributed by atoms with Gasteiger partial charge in [0.1, 0.15) is 18.9 Å². The van der Waals surface area contributed by atoms with Crippen molar-refractivity contribution in [2.75, 3.05) is 11.9 Å². The predicted molar refractivity (Wildman–Crippen MR) is 165 cm³/mol. The van der Waals surface area contributed by atoms with Crippen molar-refractivity contribution in [3.8, 4) is 5.75 Å². The van der Waals surface area contributed by atoms with E-state index in [1.54, 1.807) is 6.08 Å². The highest BCUT2D eigenvalue weighted by Gasteiger charge is 2.36. The topological polar surface area (TPSA) is 75.7 Å². The minimum Gasteiger partial charge on any atom is -0.487 e. The number of ether oxygens (including phenoxy) is 1. The van der Waals surface area contributed by atoms with Crippen molar-refractivity contribution in [2.45, 2.75) is 27.4 Å². The summed E-state index contributed by atoms with van der Waals surface area (Å²) in [5, 5.41) is 2.39. The Labute approximate surface area is 247 Å². The third-order valence-corrected chi connectivity index (χ3v) is 8.17. The largest absolute Gasteiger partial charge is 0.487 e. The molecule has 1 fully saturated rings. The Morgan fingerprint density at radius 2 is 1.62 bits per heavy atom. The van der Waals surface area contributed by atoms with Crippen LogP contribution >= 0.6 is 56.9 Å². The van der Waals surface area contributed by atoms with E-state index < -0.39 is 17.1 Å². The fourth-order valence-electron chi connectivity index (χ4n) is 4.02. The van der Waals surface area contributed by atoms with Crippen molar-refractivity contribution in [1.82, 2.24) is 4.90 Å². The summed E-state index contributed by atoms with van der Waals surface area (Å²) in [5.74, 6) is -0.117. The summed E-state index contributed by atoms with van der Waals surface area (Å²) in [5.41, 5.74) is 5.52. The van der Waals surface area contributed by atoms with Crippen LogP contribution in [0.2, 0.25) is 0 Å². The third-order valence-electron chi connectivity index (χ3n) is 5.66. The van der Waals surface area contributed by atoms with Crippen LogP contribution in [-0.2, 0) is 16.2 Å². The van der Waals surface area contributed by atoms with Crippen LogP contribution in [0.1, 0.15) is 27.8 Å². The van der Waals surface area contributed by atoms with Gasteiger partial charge in [0.2, 0.25) is 5.91 Å². The zero-order valence-corrected chi connectivity index (χ0v) is 25.6. The van der Waals surface area contributed by atoms with Crippen molar-refractivity contribution in [2.24, 2.45) is 0 Å². The van der Waals surface area contributed by atoms with Gasteiger partial charge < -0.3 is 10.1 Å². The fourth-order valence-corrected chi connectivity index (χ4v) is 6.98. The first-order valence-electron chi connectivity index (χ1n) is 11.4. The zero-order chi connectivity index (χ0) is 26.7. The summed E-state index contributed by atoms with van der Waals surface area (Å²) in [6, 6.07) is 17.7. The molecule has 3 amide bonds. The van der Waals surface area contributed by atoms with Crippen LogP contribution < -0.4 is 10.1 Å². The highest BCUT2D eigenvalue weighted by molar-refractivity contribution is 14.1. The van der Waals surface area contributed by atoms with Crippen LogP contribution in [0.3, 0.4) is 0 Å². The normalized spacial score (nSPS) is 14.4. The van der Waals surface area contributed by atoms with Crippen LogP contribution in [0.25, 0.3) is 6.08 Å². The summed E-state index contributed by atoms with van der Waals surface area (Å²) in [7, 11) is 0. The second kappa shape index (κ2) is 12.0. The van der Waals surface area contributed by atoms with Gasteiger partial charge in [-0.05, 0) is 118 Å². The summed E-state index contributed by atoms with van der Waals surface area (Å²) in [4.78, 5) is 39.5. The van der Waals surface area contributed by atoms with E-state index in [0.29, 0.717) is 12.3 Å². The van der Waals surface area contributed by atoms with Crippen molar-refractivity contribution in [1.29, 1.82) is 0 Å². The first-order chi connectivity index (χ1) is 17.6. The van der Waals surface area contributed by atoms with Gasteiger partial charge in [0.05, 0.1) is 12.0 Å². The first-order valence-corrected chi connectivity index (χ1v) is 14.4. The number of carbonyl (C=O) groups excluding carboxylic acids is 3. The molecule has 0 aliphatic carbocycles. The molecule has 0 unspecified atom stereocenters. The van der Waals surface area contributed by atoms with Crippen molar-refractivity contribution >= 4 is 85.8 Å². The van der Waals surface area contributed by atoms with E-state index >= 15 is 0 Å². The number of amides is 3. The number of hydrogen-bond acceptors (Lipinski definition) is 5. The average Bonchev–Trinajstić information content (AvgIpc) is 3.08. The van der Waals surface area contributed by atoms with Gasteiger partial charge in [-0.1, -0.05) is 48.0 Å². The molecule has 1 saturated heterocycles. The van der Waals surface area contributed by atoms with Gasteiger partial charge in [-0.2, -0.15) is 0 Å². The Morgan fingerprint density at radius 1 is 1.00 bits per heavy atom. The van der Waals surface area contributed by atoms with Crippen molar-refractivity contribution in [3.05, 3.63) is 94.5 Å². The molecular formula is C28H24I2N2O4S. The highest BCUT2D eigenvalue weighted by atomic mass is 127. The second-order valence-corrected chi connectivity index (χ2v) is 12.0. The van der Waals surface area contributed by atoms with E-state index in [0.717, 1.165) is 57.4 Å². The molecule has 4 rings (SSSR count). The lowest BCUT2D eigenvalue weighted by molar-refractivity contribution is -0.127. The Hall–Kier alpha value is -2.38. The molecule has 6 nitrogen and oxygen atoms in total. The Kier molecular flexibility index (Phi) is 8.96. The first kappa shape index (κ1) is 27.6. The number of anilines is 1. The maximum Gasteiger partial charge on any atom is 0.294 e. The molecule has 190 valence electrons. The standard InChI is InChI=1S/C28H24I2N2O4S/c1-16-9-17(2)25(18(3)10-16)31-24(33)14-32-27(34)23(37-28(32)35)13-20-11-21(29)26(22(30)12-20)36-15-19-7-5-4-6-8-19/h4-13H,14-15H2,1-3H3,(H,31,33)/b23-13+. The number of nitrogens with one attached hydrogen (secondary N) is 1. The number of thioether (sulfide) groups is 1. The minimum absolute atomic E-state index is 0.282. The van der Waals surface area contributed by atoms with Crippen LogP contribution in [0, 0.1) is 27.9 Å². The molecule has 1 aliphatic rings. The number of rotatable bonds is 7. The van der Waals surface area contributed by atoms with Gasteiger partial charge in [-0.15, -0.1) is 0 Å². The maximum absolute atomic E-state index is 13.0. The molecule has 1 heterocycles. The number of carbonyl (C=O) groups is 3. The number of aryl methyl sites for hydroxylation is 3. The number of halogens is 2. The Morgan fingerprint density at radius 3 is 2.24 bits per heavy atom. The molecule has 9 heteroatoms. The van der Waals surface area contributed by atoms with E-state index in [2.05, 4.69) is 50.5 Å². The number of benzene rings is 3. The molecule has 37 heavy (non-hydrogen) atoms. The lowest BCUT2D eigenvalue weighted by atomic mass is 10.1. The van der Waals surface area contributed by atoms with Gasteiger partial charge in [0.25, 0.3) is 11.1 Å². The number of hydrogen-bond donors (Lipinski definition) is 1. The van der Waals surface area contributed by atoms with Crippen LogP contribution in [-0.4, -0.2) is 28.5 Å². The van der Waals surface area contributed by atoms with E-state index in [1.807, 2.05) is 75.4 Å². The van der Waals surface area contributed by atoms with Crippen molar-refractivity contribution in [3.63, 3.8) is 0 Å². The highest BCUT2D eigenvalue weighted by Crippen LogP contribution is 2.35. The lowest BCUT2D eigenvalue weighted by Crippen LogP contribution is -2.36. The van der Waals surface area contributed by atoms with Crippen LogP contribution in [0.15, 0.2) is 59.5 Å². The predicted octanol–water partition coefficient (Wildman–Crippen LogP) is 7.08. The molecule has 1 aliphatic heterocycles. The Bertz CT molecular complexity index is 1380. The SMILES string of the molecule is Cc1cc(C)c(NC(=O)CN2C(=O)S/C(=C/c3cc(I)c(OCc4ccccc4)c(I)c3)C2=O)c(C)c1. The van der Waals surface area contributed by atoms with E-state index in [9.17, 15) is 14.4 Å². The third kappa shape index (κ3) is 6.74. The van der Waals surface area contributed by atoms with Gasteiger partial charge in [0.15, 0.2) is 0 Å². The second-order valence-electron chi connectivity index (χ2n) is 8.68.